The summed E-state index contributed by atoms with van der Waals surface area (Å²) in [7, 11) is 0. The summed E-state index contributed by atoms with van der Waals surface area (Å²) in [4.78, 5) is 0. The summed E-state index contributed by atoms with van der Waals surface area (Å²) >= 11 is 6.05. The predicted octanol–water partition coefficient (Wildman–Crippen LogP) is 2.98. The molecule has 2 unspecified atom stereocenters. The number of halogens is 1. The highest BCUT2D eigenvalue weighted by Gasteiger charge is 2.54. The van der Waals surface area contributed by atoms with E-state index in [1.54, 1.807) is 0 Å². The second kappa shape index (κ2) is 3.95. The predicted molar refractivity (Wildman–Crippen MR) is 56.2 cm³/mol. The molecule has 1 saturated heterocycles. The van der Waals surface area contributed by atoms with Crippen LogP contribution in [0.25, 0.3) is 0 Å². The number of allylic oxidation sites excluding steroid dienone is 1. The van der Waals surface area contributed by atoms with Gasteiger partial charge in [-0.3, -0.25) is 0 Å². The van der Waals surface area contributed by atoms with Crippen molar-refractivity contribution in [2.24, 2.45) is 0 Å². The fraction of sp³-hybridized carbons (Fsp3) is 0.636. The Morgan fingerprint density at radius 2 is 2.43 bits per heavy atom. The molecule has 1 fully saturated rings. The van der Waals surface area contributed by atoms with Gasteiger partial charge in [-0.15, -0.1) is 0 Å². The van der Waals surface area contributed by atoms with Crippen LogP contribution in [-0.4, -0.2) is 17.8 Å². The van der Waals surface area contributed by atoms with E-state index in [1.165, 1.54) is 12.8 Å². The van der Waals surface area contributed by atoms with Gasteiger partial charge in [0.1, 0.15) is 11.9 Å². The van der Waals surface area contributed by atoms with Crippen molar-refractivity contribution in [2.45, 2.75) is 37.4 Å². The Kier molecular flexibility index (Phi) is 2.84. The minimum absolute atomic E-state index is 0.0622. The zero-order valence-electron chi connectivity index (χ0n) is 8.33. The molecular weight excluding hydrogens is 200 g/mol. The first kappa shape index (κ1) is 10.1. The van der Waals surface area contributed by atoms with E-state index in [1.807, 2.05) is 18.2 Å². The van der Waals surface area contributed by atoms with E-state index in [0.29, 0.717) is 0 Å². The SMILES string of the molecule is CCCCCOC1=CC2(Cl)OC2C=C1. The van der Waals surface area contributed by atoms with Crippen LogP contribution in [0.3, 0.4) is 0 Å². The van der Waals surface area contributed by atoms with Crippen LogP contribution in [-0.2, 0) is 9.47 Å². The van der Waals surface area contributed by atoms with Gasteiger partial charge in [-0.2, -0.15) is 0 Å². The number of epoxide rings is 1. The third-order valence-corrected chi connectivity index (χ3v) is 2.84. The number of hydrogen-bond acceptors (Lipinski definition) is 2. The molecule has 0 aromatic carbocycles. The van der Waals surface area contributed by atoms with E-state index in [0.717, 1.165) is 18.8 Å². The fourth-order valence-electron chi connectivity index (χ4n) is 1.50. The van der Waals surface area contributed by atoms with Crippen LogP contribution in [0.4, 0.5) is 0 Å². The molecule has 2 rings (SSSR count). The van der Waals surface area contributed by atoms with Crippen LogP contribution < -0.4 is 0 Å². The summed E-state index contributed by atoms with van der Waals surface area (Å²) in [6.45, 7) is 2.94. The lowest BCUT2D eigenvalue weighted by molar-refractivity contribution is 0.215. The molecule has 0 radical (unpaired) electrons. The third kappa shape index (κ3) is 2.12. The van der Waals surface area contributed by atoms with Crippen molar-refractivity contribution in [3.05, 3.63) is 24.0 Å². The van der Waals surface area contributed by atoms with Gasteiger partial charge in [0.05, 0.1) is 6.61 Å². The number of rotatable bonds is 5. The van der Waals surface area contributed by atoms with Crippen LogP contribution in [0.2, 0.25) is 0 Å². The lowest BCUT2D eigenvalue weighted by atomic mass is 10.2. The standard InChI is InChI=1S/C11H15ClO2/c1-2-3-4-7-13-9-5-6-10-11(12,8-9)14-10/h5-6,8,10H,2-4,7H2,1H3. The number of alkyl halides is 1. The van der Waals surface area contributed by atoms with Gasteiger partial charge < -0.3 is 9.47 Å². The second-order valence-corrected chi connectivity index (χ2v) is 4.29. The Bertz CT molecular complexity index is 272. The molecule has 0 saturated carbocycles. The van der Waals surface area contributed by atoms with Crippen LogP contribution >= 0.6 is 11.6 Å². The minimum Gasteiger partial charge on any atom is -0.494 e. The molecule has 1 aliphatic heterocycles. The van der Waals surface area contributed by atoms with E-state index in [2.05, 4.69) is 6.92 Å². The molecule has 3 heteroatoms. The van der Waals surface area contributed by atoms with E-state index in [9.17, 15) is 0 Å². The Hall–Kier alpha value is -0.470. The summed E-state index contributed by atoms with van der Waals surface area (Å²) in [5.41, 5.74) is 0. The Morgan fingerprint density at radius 1 is 1.57 bits per heavy atom. The second-order valence-electron chi connectivity index (χ2n) is 3.70. The topological polar surface area (TPSA) is 21.8 Å². The molecule has 0 aromatic rings. The van der Waals surface area contributed by atoms with Gasteiger partial charge in [0.2, 0.25) is 0 Å². The molecule has 2 nitrogen and oxygen atoms in total. The van der Waals surface area contributed by atoms with Gasteiger partial charge >= 0.3 is 0 Å². The summed E-state index contributed by atoms with van der Waals surface area (Å²) in [6.07, 6.45) is 9.32. The summed E-state index contributed by atoms with van der Waals surface area (Å²) in [5, 5.41) is -0.588. The molecule has 0 spiro atoms. The molecule has 0 aromatic heterocycles. The Morgan fingerprint density at radius 3 is 3.14 bits per heavy atom. The fourth-order valence-corrected chi connectivity index (χ4v) is 1.78. The largest absolute Gasteiger partial charge is 0.494 e. The lowest BCUT2D eigenvalue weighted by Gasteiger charge is -2.09. The molecule has 2 aliphatic rings. The number of unbranched alkanes of at least 4 members (excludes halogenated alkanes) is 2. The maximum atomic E-state index is 6.05. The first-order valence-electron chi connectivity index (χ1n) is 5.15. The van der Waals surface area contributed by atoms with Crippen molar-refractivity contribution < 1.29 is 9.47 Å². The lowest BCUT2D eigenvalue weighted by Crippen LogP contribution is -2.07. The molecule has 2 atom stereocenters. The van der Waals surface area contributed by atoms with Gasteiger partial charge in [-0.25, -0.2) is 0 Å². The molecule has 1 heterocycles. The normalized spacial score (nSPS) is 33.6. The zero-order valence-corrected chi connectivity index (χ0v) is 9.09. The third-order valence-electron chi connectivity index (χ3n) is 2.43. The molecular formula is C11H15ClO2. The minimum atomic E-state index is -0.588. The Labute approximate surface area is 89.5 Å². The average Bonchev–Trinajstić information content (AvgIpc) is 2.83. The summed E-state index contributed by atoms with van der Waals surface area (Å²) < 4.78 is 10.8. The molecule has 1 aliphatic carbocycles. The summed E-state index contributed by atoms with van der Waals surface area (Å²) in [5.74, 6) is 0.838. The number of ether oxygens (including phenoxy) is 2. The van der Waals surface area contributed by atoms with Crippen LogP contribution in [0.1, 0.15) is 26.2 Å². The van der Waals surface area contributed by atoms with Gasteiger partial charge in [0.25, 0.3) is 0 Å². The van der Waals surface area contributed by atoms with Gasteiger partial charge in [-0.1, -0.05) is 31.4 Å². The molecule has 0 N–H and O–H groups in total. The summed E-state index contributed by atoms with van der Waals surface area (Å²) in [6, 6.07) is 0. The average molecular weight is 215 g/mol. The zero-order chi connectivity index (χ0) is 10.0. The smallest absolute Gasteiger partial charge is 0.194 e. The maximum Gasteiger partial charge on any atom is 0.194 e. The van der Waals surface area contributed by atoms with E-state index >= 15 is 0 Å². The molecule has 0 amide bonds. The highest BCUT2D eigenvalue weighted by Crippen LogP contribution is 2.46. The molecule has 78 valence electrons. The van der Waals surface area contributed by atoms with E-state index in [-0.39, 0.29) is 6.10 Å². The monoisotopic (exact) mass is 214 g/mol. The van der Waals surface area contributed by atoms with Gasteiger partial charge in [-0.05, 0) is 18.6 Å². The van der Waals surface area contributed by atoms with Crippen LogP contribution in [0.15, 0.2) is 24.0 Å². The van der Waals surface area contributed by atoms with Crippen LogP contribution in [0.5, 0.6) is 0 Å². The van der Waals surface area contributed by atoms with Crippen LogP contribution in [0, 0.1) is 0 Å². The Balaban J connectivity index is 1.76. The van der Waals surface area contributed by atoms with Crippen molar-refractivity contribution in [3.63, 3.8) is 0 Å². The number of fused-ring (bicyclic) bond motifs is 1. The van der Waals surface area contributed by atoms with Crippen molar-refractivity contribution in [2.75, 3.05) is 6.61 Å². The quantitative estimate of drug-likeness (QED) is 0.399. The highest BCUT2D eigenvalue weighted by molar-refractivity contribution is 6.26. The first-order valence-corrected chi connectivity index (χ1v) is 5.53. The van der Waals surface area contributed by atoms with Crippen molar-refractivity contribution >= 4 is 11.6 Å². The van der Waals surface area contributed by atoms with Crippen molar-refractivity contribution in [3.8, 4) is 0 Å². The maximum absolute atomic E-state index is 6.05. The highest BCUT2D eigenvalue weighted by atomic mass is 35.5. The van der Waals surface area contributed by atoms with Crippen molar-refractivity contribution in [1.29, 1.82) is 0 Å². The van der Waals surface area contributed by atoms with Crippen molar-refractivity contribution in [1.82, 2.24) is 0 Å². The van der Waals surface area contributed by atoms with Gasteiger partial charge in [0, 0.05) is 6.08 Å². The van der Waals surface area contributed by atoms with Gasteiger partial charge in [0.15, 0.2) is 5.06 Å². The van der Waals surface area contributed by atoms with E-state index < -0.39 is 5.06 Å². The number of hydrogen-bond donors (Lipinski definition) is 0. The first-order chi connectivity index (χ1) is 6.74. The van der Waals surface area contributed by atoms with E-state index in [4.69, 9.17) is 21.1 Å². The molecule has 0 bridgehead atoms. The molecule has 14 heavy (non-hydrogen) atoms.